The van der Waals surface area contributed by atoms with E-state index in [4.69, 9.17) is 22.8 Å². The van der Waals surface area contributed by atoms with Crippen molar-refractivity contribution in [1.29, 1.82) is 10.5 Å². The van der Waals surface area contributed by atoms with Crippen LogP contribution in [0.5, 0.6) is 0 Å². The first-order valence-electron chi connectivity index (χ1n) is 7.89. The molecule has 0 bridgehead atoms. The molecule has 1 aromatic heterocycles. The second-order valence-corrected chi connectivity index (χ2v) is 7.05. The van der Waals surface area contributed by atoms with Crippen molar-refractivity contribution < 1.29 is 0 Å². The number of rotatable bonds is 1. The largest absolute Gasteiger partial charge is 0.398 e. The number of hydrogen-bond acceptors (Lipinski definition) is 6. The molecule has 136 valence electrons. The van der Waals surface area contributed by atoms with Gasteiger partial charge in [0, 0.05) is 10.6 Å². The van der Waals surface area contributed by atoms with Crippen LogP contribution in [0.1, 0.15) is 16.1 Å². The SMILES string of the molecule is Cc1ccc(N)c(S)c1.Cc1ccc2nc(CC#N)sc2c1.[C-]#[N+]CC#N. The van der Waals surface area contributed by atoms with Gasteiger partial charge in [0.05, 0.1) is 22.7 Å². The molecule has 2 N–H and O–H groups in total. The summed E-state index contributed by atoms with van der Waals surface area (Å²) in [4.78, 5) is 7.94. The molecule has 3 aromatic rings. The Balaban J connectivity index is 0.000000227. The van der Waals surface area contributed by atoms with Gasteiger partial charge in [-0.25, -0.2) is 11.6 Å². The van der Waals surface area contributed by atoms with Gasteiger partial charge in [0.2, 0.25) is 0 Å². The number of anilines is 1. The number of thiol groups is 1. The average molecular weight is 394 g/mol. The molecule has 0 atom stereocenters. The number of fused-ring (bicyclic) bond motifs is 1. The summed E-state index contributed by atoms with van der Waals surface area (Å²) in [7, 11) is 0. The molecule has 0 fully saturated rings. The molecule has 0 radical (unpaired) electrons. The monoisotopic (exact) mass is 393 g/mol. The minimum Gasteiger partial charge on any atom is -0.398 e. The van der Waals surface area contributed by atoms with Crippen molar-refractivity contribution >= 4 is 39.9 Å². The molecule has 0 unspecified atom stereocenters. The van der Waals surface area contributed by atoms with Crippen LogP contribution in [0, 0.1) is 43.1 Å². The van der Waals surface area contributed by atoms with E-state index in [1.807, 2.05) is 37.3 Å². The second-order valence-electron chi connectivity index (χ2n) is 5.45. The third kappa shape index (κ3) is 7.79. The Morgan fingerprint density at radius 1 is 1.15 bits per heavy atom. The molecule has 27 heavy (non-hydrogen) atoms. The van der Waals surface area contributed by atoms with E-state index in [9.17, 15) is 0 Å². The smallest absolute Gasteiger partial charge is 0.298 e. The molecule has 0 aliphatic carbocycles. The number of nitrogens with zero attached hydrogens (tertiary/aromatic N) is 4. The quantitative estimate of drug-likeness (QED) is 0.264. The highest BCUT2D eigenvalue weighted by atomic mass is 32.1. The lowest BCUT2D eigenvalue weighted by atomic mass is 10.2. The van der Waals surface area contributed by atoms with Crippen LogP contribution in [-0.4, -0.2) is 11.5 Å². The van der Waals surface area contributed by atoms with Gasteiger partial charge >= 0.3 is 0 Å². The normalized spacial score (nSPS) is 8.89. The van der Waals surface area contributed by atoms with Crippen molar-refractivity contribution in [2.75, 3.05) is 12.3 Å². The third-order valence-electron chi connectivity index (χ3n) is 3.15. The van der Waals surface area contributed by atoms with Crippen LogP contribution >= 0.6 is 24.0 Å². The number of nitrogens with two attached hydrogens (primary N) is 1. The number of hydrogen-bond donors (Lipinski definition) is 2. The Labute approximate surface area is 168 Å². The van der Waals surface area contributed by atoms with Gasteiger partial charge in [0.15, 0.2) is 0 Å². The lowest BCUT2D eigenvalue weighted by molar-refractivity contribution is 1.21. The van der Waals surface area contributed by atoms with Crippen molar-refractivity contribution in [1.82, 2.24) is 4.98 Å². The van der Waals surface area contributed by atoms with Crippen LogP contribution in [-0.2, 0) is 6.42 Å². The van der Waals surface area contributed by atoms with Gasteiger partial charge < -0.3 is 10.6 Å². The van der Waals surface area contributed by atoms with Crippen molar-refractivity contribution in [3.05, 3.63) is 63.9 Å². The summed E-state index contributed by atoms with van der Waals surface area (Å²) in [5, 5.41) is 17.0. The second kappa shape index (κ2) is 11.5. The molecule has 0 aliphatic rings. The molecule has 1 heterocycles. The van der Waals surface area contributed by atoms with Gasteiger partial charge in [0.1, 0.15) is 11.1 Å². The fraction of sp³-hybridized carbons (Fsp3) is 0.200. The molecular weight excluding hydrogens is 374 g/mol. The predicted molar refractivity (Wildman–Crippen MR) is 114 cm³/mol. The summed E-state index contributed by atoms with van der Waals surface area (Å²) in [5.41, 5.74) is 9.68. The maximum absolute atomic E-state index is 8.52. The molecule has 7 heteroatoms. The lowest BCUT2D eigenvalue weighted by Gasteiger charge is -1.97. The minimum absolute atomic E-state index is 0.0139. The first kappa shape index (κ1) is 22.0. The first-order valence-corrected chi connectivity index (χ1v) is 9.16. The maximum atomic E-state index is 8.52. The van der Waals surface area contributed by atoms with E-state index in [2.05, 4.69) is 41.5 Å². The van der Waals surface area contributed by atoms with Crippen LogP contribution in [0.2, 0.25) is 0 Å². The van der Waals surface area contributed by atoms with Gasteiger partial charge in [-0.15, -0.1) is 24.0 Å². The zero-order valence-electron chi connectivity index (χ0n) is 15.1. The van der Waals surface area contributed by atoms with Crippen LogP contribution in [0.15, 0.2) is 41.3 Å². The van der Waals surface area contributed by atoms with E-state index in [0.29, 0.717) is 6.42 Å². The summed E-state index contributed by atoms with van der Waals surface area (Å²) in [5.74, 6) is 0. The Morgan fingerprint density at radius 3 is 2.33 bits per heavy atom. The van der Waals surface area contributed by atoms with Gasteiger partial charge in [0.25, 0.3) is 6.54 Å². The van der Waals surface area contributed by atoms with Gasteiger partial charge in [-0.2, -0.15) is 10.5 Å². The highest BCUT2D eigenvalue weighted by Gasteiger charge is 2.02. The summed E-state index contributed by atoms with van der Waals surface area (Å²) in [6, 6.07) is 15.7. The molecule has 3 rings (SSSR count). The van der Waals surface area contributed by atoms with Crippen LogP contribution < -0.4 is 5.73 Å². The molecule has 0 saturated heterocycles. The zero-order valence-corrected chi connectivity index (χ0v) is 16.8. The van der Waals surface area contributed by atoms with E-state index in [1.165, 1.54) is 15.8 Å². The fourth-order valence-electron chi connectivity index (χ4n) is 1.91. The molecule has 0 aliphatic heterocycles. The molecule has 0 saturated carbocycles. The fourth-order valence-corrected chi connectivity index (χ4v) is 3.19. The third-order valence-corrected chi connectivity index (χ3v) is 4.56. The molecule has 2 aromatic carbocycles. The van der Waals surface area contributed by atoms with E-state index in [0.717, 1.165) is 21.1 Å². The predicted octanol–water partition coefficient (Wildman–Crippen LogP) is 4.97. The summed E-state index contributed by atoms with van der Waals surface area (Å²) < 4.78 is 1.17. The number of thiazole rings is 1. The molecule has 0 amide bonds. The number of nitriles is 2. The van der Waals surface area contributed by atoms with Gasteiger partial charge in [-0.3, -0.25) is 0 Å². The highest BCUT2D eigenvalue weighted by Crippen LogP contribution is 2.23. The Bertz CT molecular complexity index is 1010. The van der Waals surface area contributed by atoms with Crippen molar-refractivity contribution in [3.63, 3.8) is 0 Å². The van der Waals surface area contributed by atoms with Crippen molar-refractivity contribution in [2.45, 2.75) is 25.2 Å². The van der Waals surface area contributed by atoms with Crippen LogP contribution in [0.3, 0.4) is 0 Å². The molecule has 0 spiro atoms. The van der Waals surface area contributed by atoms with Gasteiger partial charge in [-0.05, 0) is 49.2 Å². The van der Waals surface area contributed by atoms with Crippen LogP contribution in [0.25, 0.3) is 15.1 Å². The maximum Gasteiger partial charge on any atom is 0.298 e. The van der Waals surface area contributed by atoms with E-state index >= 15 is 0 Å². The minimum atomic E-state index is -0.0139. The van der Waals surface area contributed by atoms with Crippen molar-refractivity contribution in [2.24, 2.45) is 0 Å². The van der Waals surface area contributed by atoms with Crippen LogP contribution in [0.4, 0.5) is 5.69 Å². The van der Waals surface area contributed by atoms with Gasteiger partial charge in [-0.1, -0.05) is 12.1 Å². The highest BCUT2D eigenvalue weighted by molar-refractivity contribution is 7.80. The van der Waals surface area contributed by atoms with E-state index in [1.54, 1.807) is 17.4 Å². The first-order chi connectivity index (χ1) is 12.9. The summed E-state index contributed by atoms with van der Waals surface area (Å²) in [6.45, 7) is 10.1. The number of aromatic nitrogens is 1. The topological polar surface area (TPSA) is 90.8 Å². The molecular formula is C20H19N5S2. The number of nitrogen functional groups attached to an aromatic ring is 1. The van der Waals surface area contributed by atoms with E-state index in [-0.39, 0.29) is 6.54 Å². The lowest BCUT2D eigenvalue weighted by Crippen LogP contribution is -1.85. The Morgan fingerprint density at radius 2 is 1.81 bits per heavy atom. The summed E-state index contributed by atoms with van der Waals surface area (Å²) >= 11 is 5.74. The summed E-state index contributed by atoms with van der Waals surface area (Å²) in [6.07, 6.45) is 0.415. The van der Waals surface area contributed by atoms with Crippen molar-refractivity contribution in [3.8, 4) is 12.1 Å². The zero-order chi connectivity index (χ0) is 20.2. The average Bonchev–Trinajstić information content (AvgIpc) is 3.02. The standard InChI is InChI=1S/C10H8N2S.C7H9NS.C3H2N2/c1-7-2-3-8-9(6-7)13-10(12-8)4-5-11;1-5-2-3-6(8)7(9)4-5;1-5-3-2-4/h2-3,6H,4H2,1H3;2-4,9H,8H2,1H3;3H2. The number of aryl methyl sites for hydroxylation is 2. The van der Waals surface area contributed by atoms with E-state index < -0.39 is 0 Å². The molecule has 5 nitrogen and oxygen atoms in total. The Kier molecular flexibility index (Phi) is 9.40. The number of benzene rings is 2. The Hall–Kier alpha value is -3.05.